The number of ether oxygens (including phenoxy) is 2. The van der Waals surface area contributed by atoms with Gasteiger partial charge in [-0.2, -0.15) is 0 Å². The molecule has 3 heteroatoms. The molecule has 0 unspecified atom stereocenters. The summed E-state index contributed by atoms with van der Waals surface area (Å²) in [6.07, 6.45) is 1.14. The van der Waals surface area contributed by atoms with Crippen molar-refractivity contribution in [1.82, 2.24) is 0 Å². The molecule has 0 N–H and O–H groups in total. The van der Waals surface area contributed by atoms with Gasteiger partial charge in [0.1, 0.15) is 18.1 Å². The molecule has 0 bridgehead atoms. The lowest BCUT2D eigenvalue weighted by Crippen LogP contribution is -2.01. The summed E-state index contributed by atoms with van der Waals surface area (Å²) in [7, 11) is 0. The molecule has 0 spiro atoms. The lowest BCUT2D eigenvalue weighted by atomic mass is 10.2. The third-order valence-electron chi connectivity index (χ3n) is 2.48. The molecule has 0 atom stereocenters. The molecule has 110 valence electrons. The fourth-order valence-corrected chi connectivity index (χ4v) is 1.55. The molecule has 21 heavy (non-hydrogen) atoms. The summed E-state index contributed by atoms with van der Waals surface area (Å²) in [5.41, 5.74) is 0.807. The van der Waals surface area contributed by atoms with Crippen LogP contribution in [-0.2, 0) is 16.1 Å². The van der Waals surface area contributed by atoms with Crippen LogP contribution in [0.1, 0.15) is 19.4 Å². The molecule has 0 radical (unpaired) electrons. The predicted molar refractivity (Wildman–Crippen MR) is 84.3 cm³/mol. The van der Waals surface area contributed by atoms with E-state index in [-0.39, 0.29) is 6.61 Å². The summed E-state index contributed by atoms with van der Waals surface area (Å²) in [4.78, 5) is 11.1. The average Bonchev–Trinajstić information content (AvgIpc) is 2.56. The number of esters is 1. The van der Waals surface area contributed by atoms with E-state index >= 15 is 0 Å². The van der Waals surface area contributed by atoms with E-state index in [1.54, 1.807) is 0 Å². The van der Waals surface area contributed by atoms with E-state index in [0.29, 0.717) is 5.75 Å². The Hall–Kier alpha value is -2.55. The molecular formula is C18H20O3. The van der Waals surface area contributed by atoms with E-state index < -0.39 is 5.97 Å². The second-order valence-corrected chi connectivity index (χ2v) is 3.83. The Morgan fingerprint density at radius 2 is 1.67 bits per heavy atom. The maximum atomic E-state index is 11.1. The zero-order valence-corrected chi connectivity index (χ0v) is 12.4. The van der Waals surface area contributed by atoms with Gasteiger partial charge in [-0.05, 0) is 18.2 Å². The van der Waals surface area contributed by atoms with Gasteiger partial charge in [0.2, 0.25) is 0 Å². The third kappa shape index (κ3) is 5.53. The monoisotopic (exact) mass is 284 g/mol. The summed E-state index contributed by atoms with van der Waals surface area (Å²) in [5.74, 6) is 0.963. The smallest absolute Gasteiger partial charge is 0.330 e. The fourth-order valence-electron chi connectivity index (χ4n) is 1.55. The normalized spacial score (nSPS) is 9.05. The van der Waals surface area contributed by atoms with Crippen LogP contribution >= 0.6 is 0 Å². The minimum atomic E-state index is -0.450. The minimum absolute atomic E-state index is 0.161. The van der Waals surface area contributed by atoms with E-state index in [0.717, 1.165) is 17.4 Å². The Balaban J connectivity index is 0.00000106. The lowest BCUT2D eigenvalue weighted by molar-refractivity contribution is -0.138. The molecule has 0 fully saturated rings. The molecule has 0 aliphatic rings. The van der Waals surface area contributed by atoms with Crippen LogP contribution in [-0.4, -0.2) is 5.97 Å². The van der Waals surface area contributed by atoms with Crippen molar-refractivity contribution < 1.29 is 14.3 Å². The van der Waals surface area contributed by atoms with Crippen LogP contribution in [0.25, 0.3) is 0 Å². The molecule has 3 nitrogen and oxygen atoms in total. The fraction of sp³-hybridized carbons (Fsp3) is 0.167. The van der Waals surface area contributed by atoms with Gasteiger partial charge in [-0.15, -0.1) is 0 Å². The van der Waals surface area contributed by atoms with Crippen molar-refractivity contribution in [3.8, 4) is 11.5 Å². The summed E-state index contributed by atoms with van der Waals surface area (Å²) in [5, 5.41) is 0. The average molecular weight is 284 g/mol. The number of carbonyl (C=O) groups is 1. The van der Waals surface area contributed by atoms with Gasteiger partial charge in [0.05, 0.1) is 0 Å². The predicted octanol–water partition coefficient (Wildman–Crippen LogP) is 4.73. The largest absolute Gasteiger partial charge is 0.458 e. The Morgan fingerprint density at radius 3 is 2.33 bits per heavy atom. The SMILES string of the molecule is C=CC(=O)OCc1ccccc1Oc1ccccc1.CC. The van der Waals surface area contributed by atoms with Crippen LogP contribution in [0.4, 0.5) is 0 Å². The Morgan fingerprint density at radius 1 is 1.05 bits per heavy atom. The van der Waals surface area contributed by atoms with E-state index in [4.69, 9.17) is 9.47 Å². The highest BCUT2D eigenvalue weighted by Gasteiger charge is 2.06. The number of hydrogen-bond donors (Lipinski definition) is 0. The summed E-state index contributed by atoms with van der Waals surface area (Å²) >= 11 is 0. The van der Waals surface area contributed by atoms with Crippen molar-refractivity contribution in [2.24, 2.45) is 0 Å². The van der Waals surface area contributed by atoms with Crippen molar-refractivity contribution in [3.63, 3.8) is 0 Å². The van der Waals surface area contributed by atoms with Crippen LogP contribution in [0.2, 0.25) is 0 Å². The molecule has 0 aliphatic carbocycles. The second kappa shape index (κ2) is 9.37. The summed E-state index contributed by atoms with van der Waals surface area (Å²) in [6, 6.07) is 16.9. The molecule has 0 saturated carbocycles. The number of carbonyl (C=O) groups excluding carboxylic acids is 1. The molecule has 0 aliphatic heterocycles. The van der Waals surface area contributed by atoms with Crippen LogP contribution in [0.5, 0.6) is 11.5 Å². The number of hydrogen-bond acceptors (Lipinski definition) is 3. The molecule has 0 saturated heterocycles. The lowest BCUT2D eigenvalue weighted by Gasteiger charge is -2.10. The van der Waals surface area contributed by atoms with Gasteiger partial charge < -0.3 is 9.47 Å². The second-order valence-electron chi connectivity index (χ2n) is 3.83. The number of para-hydroxylation sites is 2. The zero-order valence-electron chi connectivity index (χ0n) is 12.4. The van der Waals surface area contributed by atoms with Gasteiger partial charge in [-0.25, -0.2) is 4.79 Å². The quantitative estimate of drug-likeness (QED) is 0.588. The van der Waals surface area contributed by atoms with Gasteiger partial charge in [0.15, 0.2) is 0 Å². The standard InChI is InChI=1S/C16H14O3.C2H6/c1-2-16(17)18-12-13-8-6-7-11-15(13)19-14-9-4-3-5-10-14;1-2/h2-11H,1,12H2;1-2H3. The van der Waals surface area contributed by atoms with Gasteiger partial charge >= 0.3 is 5.97 Å². The highest BCUT2D eigenvalue weighted by Crippen LogP contribution is 2.25. The van der Waals surface area contributed by atoms with E-state index in [1.165, 1.54) is 0 Å². The number of rotatable bonds is 5. The van der Waals surface area contributed by atoms with E-state index in [2.05, 4.69) is 6.58 Å². The van der Waals surface area contributed by atoms with Gasteiger partial charge in [-0.1, -0.05) is 56.8 Å². The molecule has 2 rings (SSSR count). The zero-order chi connectivity index (χ0) is 15.5. The first kappa shape index (κ1) is 16.5. The molecule has 0 aromatic heterocycles. The van der Waals surface area contributed by atoms with Crippen molar-refractivity contribution in [3.05, 3.63) is 72.8 Å². The summed E-state index contributed by atoms with van der Waals surface area (Å²) < 4.78 is 10.8. The van der Waals surface area contributed by atoms with E-state index in [1.807, 2.05) is 68.4 Å². The van der Waals surface area contributed by atoms with Crippen LogP contribution < -0.4 is 4.74 Å². The van der Waals surface area contributed by atoms with Crippen molar-refractivity contribution in [2.75, 3.05) is 0 Å². The van der Waals surface area contributed by atoms with E-state index in [9.17, 15) is 4.79 Å². The molecular weight excluding hydrogens is 264 g/mol. The first-order valence-corrected chi connectivity index (χ1v) is 6.89. The molecule has 0 amide bonds. The number of benzene rings is 2. The van der Waals surface area contributed by atoms with Gasteiger partial charge in [-0.3, -0.25) is 0 Å². The highest BCUT2D eigenvalue weighted by molar-refractivity contribution is 5.81. The maximum Gasteiger partial charge on any atom is 0.330 e. The Bertz CT molecular complexity index is 562. The van der Waals surface area contributed by atoms with Gasteiger partial charge in [0, 0.05) is 11.6 Å². The van der Waals surface area contributed by atoms with Crippen molar-refractivity contribution in [1.29, 1.82) is 0 Å². The molecule has 2 aromatic rings. The first-order chi connectivity index (χ1) is 10.3. The third-order valence-corrected chi connectivity index (χ3v) is 2.48. The van der Waals surface area contributed by atoms with Crippen molar-refractivity contribution in [2.45, 2.75) is 20.5 Å². The molecule has 0 heterocycles. The Labute approximate surface area is 125 Å². The highest BCUT2D eigenvalue weighted by atomic mass is 16.5. The Kier molecular flexibility index (Phi) is 7.36. The minimum Gasteiger partial charge on any atom is -0.458 e. The van der Waals surface area contributed by atoms with Crippen LogP contribution in [0.15, 0.2) is 67.3 Å². The topological polar surface area (TPSA) is 35.5 Å². The van der Waals surface area contributed by atoms with Gasteiger partial charge in [0.25, 0.3) is 0 Å². The van der Waals surface area contributed by atoms with Crippen LogP contribution in [0, 0.1) is 0 Å². The van der Waals surface area contributed by atoms with Crippen LogP contribution in [0.3, 0.4) is 0 Å². The van der Waals surface area contributed by atoms with Crippen molar-refractivity contribution >= 4 is 5.97 Å². The maximum absolute atomic E-state index is 11.1. The first-order valence-electron chi connectivity index (χ1n) is 6.89. The summed E-state index contributed by atoms with van der Waals surface area (Å²) in [6.45, 7) is 7.52. The molecule has 2 aromatic carbocycles.